The second kappa shape index (κ2) is 10.2. The molecule has 0 spiro atoms. The van der Waals surface area contributed by atoms with E-state index in [-0.39, 0.29) is 6.61 Å². The largest absolute Gasteiger partial charge is 0.490 e. The molecule has 0 saturated carbocycles. The molecular weight excluding hydrogens is 456 g/mol. The maximum atomic E-state index is 13.3. The fourth-order valence-corrected chi connectivity index (χ4v) is 3.78. The molecule has 0 unspecified atom stereocenters. The molecule has 8 heteroatoms. The maximum absolute atomic E-state index is 13.3. The van der Waals surface area contributed by atoms with Gasteiger partial charge in [0.05, 0.1) is 16.7 Å². The number of hydrogen-bond donors (Lipinski definition) is 1. The quantitative estimate of drug-likeness (QED) is 0.401. The SMILES string of the molecule is CCOc1cc(CNc2ccc3c(c2)OCCO3)cc(Cl)c1OCc1ccc(F)cc1Cl. The van der Waals surface area contributed by atoms with Crippen LogP contribution in [0.25, 0.3) is 0 Å². The molecule has 0 amide bonds. The summed E-state index contributed by atoms with van der Waals surface area (Å²) >= 11 is 12.6. The van der Waals surface area contributed by atoms with E-state index in [0.717, 1.165) is 22.7 Å². The molecule has 1 aliphatic heterocycles. The second-order valence-corrected chi connectivity index (χ2v) is 7.89. The highest BCUT2D eigenvalue weighted by Crippen LogP contribution is 2.38. The fourth-order valence-electron chi connectivity index (χ4n) is 3.27. The van der Waals surface area contributed by atoms with Gasteiger partial charge in [-0.25, -0.2) is 4.39 Å². The lowest BCUT2D eigenvalue weighted by Gasteiger charge is -2.19. The van der Waals surface area contributed by atoms with Crippen LogP contribution >= 0.6 is 23.2 Å². The Morgan fingerprint density at radius 2 is 1.75 bits per heavy atom. The summed E-state index contributed by atoms with van der Waals surface area (Å²) in [5.41, 5.74) is 2.46. The molecule has 1 heterocycles. The average Bonchev–Trinajstić information content (AvgIpc) is 2.78. The van der Waals surface area contributed by atoms with Crippen LogP contribution in [0.5, 0.6) is 23.0 Å². The third-order valence-electron chi connectivity index (χ3n) is 4.80. The van der Waals surface area contributed by atoms with Crippen molar-refractivity contribution in [2.24, 2.45) is 0 Å². The van der Waals surface area contributed by atoms with Gasteiger partial charge in [-0.2, -0.15) is 0 Å². The zero-order chi connectivity index (χ0) is 22.5. The van der Waals surface area contributed by atoms with E-state index in [1.54, 1.807) is 6.07 Å². The zero-order valence-electron chi connectivity index (χ0n) is 17.4. The van der Waals surface area contributed by atoms with Crippen LogP contribution in [0.2, 0.25) is 10.0 Å². The van der Waals surface area contributed by atoms with Crippen molar-refractivity contribution >= 4 is 28.9 Å². The highest BCUT2D eigenvalue weighted by molar-refractivity contribution is 6.32. The molecule has 168 valence electrons. The Hall–Kier alpha value is -2.83. The Kier molecular flexibility index (Phi) is 7.12. The second-order valence-electron chi connectivity index (χ2n) is 7.07. The topological polar surface area (TPSA) is 49.0 Å². The zero-order valence-corrected chi connectivity index (χ0v) is 18.9. The first kappa shape index (κ1) is 22.4. The first-order chi connectivity index (χ1) is 15.5. The number of benzene rings is 3. The Labute approximate surface area is 196 Å². The van der Waals surface area contributed by atoms with Crippen molar-refractivity contribution < 1.29 is 23.3 Å². The van der Waals surface area contributed by atoms with E-state index in [1.165, 1.54) is 12.1 Å². The van der Waals surface area contributed by atoms with E-state index < -0.39 is 5.82 Å². The maximum Gasteiger partial charge on any atom is 0.180 e. The lowest BCUT2D eigenvalue weighted by molar-refractivity contribution is 0.171. The highest BCUT2D eigenvalue weighted by Gasteiger charge is 2.15. The third kappa shape index (κ3) is 5.31. The van der Waals surface area contributed by atoms with Crippen molar-refractivity contribution in [1.29, 1.82) is 0 Å². The number of hydrogen-bond acceptors (Lipinski definition) is 5. The summed E-state index contributed by atoms with van der Waals surface area (Å²) in [5.74, 6) is 2.00. The Bertz CT molecular complexity index is 1110. The monoisotopic (exact) mass is 477 g/mol. The first-order valence-corrected chi connectivity index (χ1v) is 10.9. The summed E-state index contributed by atoms with van der Waals surface area (Å²) in [7, 11) is 0. The van der Waals surface area contributed by atoms with Gasteiger partial charge in [0.25, 0.3) is 0 Å². The van der Waals surface area contributed by atoms with Gasteiger partial charge >= 0.3 is 0 Å². The third-order valence-corrected chi connectivity index (χ3v) is 5.43. The van der Waals surface area contributed by atoms with E-state index in [9.17, 15) is 4.39 Å². The smallest absolute Gasteiger partial charge is 0.180 e. The minimum Gasteiger partial charge on any atom is -0.490 e. The van der Waals surface area contributed by atoms with Gasteiger partial charge in [-0.15, -0.1) is 0 Å². The summed E-state index contributed by atoms with van der Waals surface area (Å²) in [6, 6.07) is 13.6. The number of anilines is 1. The summed E-state index contributed by atoms with van der Waals surface area (Å²) < 4.78 is 36.1. The van der Waals surface area contributed by atoms with Crippen molar-refractivity contribution in [3.8, 4) is 23.0 Å². The molecule has 0 bridgehead atoms. The van der Waals surface area contributed by atoms with Crippen LogP contribution in [0.15, 0.2) is 48.5 Å². The Morgan fingerprint density at radius 3 is 2.53 bits per heavy atom. The normalized spacial score (nSPS) is 12.4. The number of halogens is 3. The van der Waals surface area contributed by atoms with E-state index in [4.69, 9.17) is 42.1 Å². The average molecular weight is 478 g/mol. The van der Waals surface area contributed by atoms with Crippen LogP contribution in [-0.4, -0.2) is 19.8 Å². The fraction of sp³-hybridized carbons (Fsp3) is 0.250. The molecule has 0 atom stereocenters. The number of rotatable bonds is 8. The molecule has 0 radical (unpaired) electrons. The van der Waals surface area contributed by atoms with Gasteiger partial charge in [-0.05, 0) is 48.9 Å². The number of nitrogens with one attached hydrogen (secondary N) is 1. The van der Waals surface area contributed by atoms with Crippen LogP contribution in [0.4, 0.5) is 10.1 Å². The minimum atomic E-state index is -0.401. The molecule has 1 N–H and O–H groups in total. The molecule has 3 aromatic rings. The first-order valence-electron chi connectivity index (χ1n) is 10.2. The summed E-state index contributed by atoms with van der Waals surface area (Å²) in [6.07, 6.45) is 0. The molecule has 0 aromatic heterocycles. The molecule has 1 aliphatic rings. The molecule has 32 heavy (non-hydrogen) atoms. The van der Waals surface area contributed by atoms with Gasteiger partial charge < -0.3 is 24.3 Å². The molecule has 0 fully saturated rings. The number of ether oxygens (including phenoxy) is 4. The molecule has 0 aliphatic carbocycles. The lowest BCUT2D eigenvalue weighted by atomic mass is 10.1. The van der Waals surface area contributed by atoms with Crippen LogP contribution in [0, 0.1) is 5.82 Å². The standard InChI is InChI=1S/C24H22Cl2FNO4/c1-2-29-23-10-15(13-28-18-5-6-21-22(12-18)31-8-7-30-21)9-20(26)24(23)32-14-16-3-4-17(27)11-19(16)25/h3-6,9-12,28H,2,7-8,13-14H2,1H3. The van der Waals surface area contributed by atoms with Gasteiger partial charge in [-0.1, -0.05) is 29.3 Å². The summed E-state index contributed by atoms with van der Waals surface area (Å²) in [6.45, 7) is 4.07. The lowest BCUT2D eigenvalue weighted by Crippen LogP contribution is -2.15. The van der Waals surface area contributed by atoms with Crippen molar-refractivity contribution in [2.75, 3.05) is 25.1 Å². The van der Waals surface area contributed by atoms with E-state index in [0.29, 0.717) is 53.5 Å². The van der Waals surface area contributed by atoms with Gasteiger partial charge in [0, 0.05) is 23.9 Å². The van der Waals surface area contributed by atoms with E-state index >= 15 is 0 Å². The van der Waals surface area contributed by atoms with Crippen LogP contribution in [0.3, 0.4) is 0 Å². The minimum absolute atomic E-state index is 0.133. The molecule has 4 rings (SSSR count). The molecule has 5 nitrogen and oxygen atoms in total. The summed E-state index contributed by atoms with van der Waals surface area (Å²) in [4.78, 5) is 0. The van der Waals surface area contributed by atoms with Gasteiger partial charge in [-0.3, -0.25) is 0 Å². The van der Waals surface area contributed by atoms with Crippen molar-refractivity contribution in [1.82, 2.24) is 0 Å². The van der Waals surface area contributed by atoms with E-state index in [2.05, 4.69) is 5.32 Å². The van der Waals surface area contributed by atoms with Crippen molar-refractivity contribution in [2.45, 2.75) is 20.1 Å². The van der Waals surface area contributed by atoms with Crippen LogP contribution in [-0.2, 0) is 13.2 Å². The molecule has 0 saturated heterocycles. The van der Waals surface area contributed by atoms with Gasteiger partial charge in [0.15, 0.2) is 23.0 Å². The van der Waals surface area contributed by atoms with E-state index in [1.807, 2.05) is 37.3 Å². The highest BCUT2D eigenvalue weighted by atomic mass is 35.5. The summed E-state index contributed by atoms with van der Waals surface area (Å²) in [5, 5.41) is 4.06. The Morgan fingerprint density at radius 1 is 0.938 bits per heavy atom. The molecule has 3 aromatic carbocycles. The van der Waals surface area contributed by atoms with Crippen LogP contribution < -0.4 is 24.3 Å². The van der Waals surface area contributed by atoms with Gasteiger partial charge in [0.1, 0.15) is 25.6 Å². The van der Waals surface area contributed by atoms with Crippen LogP contribution in [0.1, 0.15) is 18.1 Å². The Balaban J connectivity index is 1.48. The number of fused-ring (bicyclic) bond motifs is 1. The van der Waals surface area contributed by atoms with Crippen molar-refractivity contribution in [3.05, 3.63) is 75.5 Å². The molecular formula is C24H22Cl2FNO4. The predicted octanol–water partition coefficient (Wildman–Crippen LogP) is 6.49. The van der Waals surface area contributed by atoms with Gasteiger partial charge in [0.2, 0.25) is 0 Å². The predicted molar refractivity (Wildman–Crippen MR) is 123 cm³/mol. The van der Waals surface area contributed by atoms with Crippen molar-refractivity contribution in [3.63, 3.8) is 0 Å².